The highest BCUT2D eigenvalue weighted by molar-refractivity contribution is 7.99. The van der Waals surface area contributed by atoms with Gasteiger partial charge in [-0.3, -0.25) is 4.79 Å². The van der Waals surface area contributed by atoms with Crippen LogP contribution in [0.25, 0.3) is 0 Å². The second-order valence-corrected chi connectivity index (χ2v) is 7.97. The van der Waals surface area contributed by atoms with Gasteiger partial charge in [-0.2, -0.15) is 0 Å². The Morgan fingerprint density at radius 1 is 1.03 bits per heavy atom. The first-order chi connectivity index (χ1) is 15.1. The third-order valence-electron chi connectivity index (χ3n) is 4.80. The van der Waals surface area contributed by atoms with Gasteiger partial charge in [-0.05, 0) is 54.1 Å². The molecule has 2 aromatic carbocycles. The SMILES string of the molecule is COc1cccc(C(NC(=O)c2ccc(Sc3ccccn3)cc2)c2nccn2C)c1. The molecule has 6 nitrogen and oxygen atoms in total. The van der Waals surface area contributed by atoms with Crippen LogP contribution in [-0.2, 0) is 7.05 Å². The van der Waals surface area contributed by atoms with E-state index in [0.29, 0.717) is 5.56 Å². The molecule has 0 aliphatic rings. The van der Waals surface area contributed by atoms with Gasteiger partial charge in [0.15, 0.2) is 0 Å². The van der Waals surface area contributed by atoms with Crippen LogP contribution in [0.3, 0.4) is 0 Å². The Morgan fingerprint density at radius 2 is 1.87 bits per heavy atom. The third kappa shape index (κ3) is 4.95. The number of hydrogen-bond acceptors (Lipinski definition) is 5. The molecule has 1 atom stereocenters. The highest BCUT2D eigenvalue weighted by atomic mass is 32.2. The Balaban J connectivity index is 1.55. The zero-order chi connectivity index (χ0) is 21.6. The van der Waals surface area contributed by atoms with Gasteiger partial charge in [0.25, 0.3) is 5.91 Å². The van der Waals surface area contributed by atoms with Gasteiger partial charge < -0.3 is 14.6 Å². The summed E-state index contributed by atoms with van der Waals surface area (Å²) in [4.78, 5) is 22.9. The molecule has 156 valence electrons. The molecule has 0 fully saturated rings. The van der Waals surface area contributed by atoms with E-state index in [-0.39, 0.29) is 5.91 Å². The topological polar surface area (TPSA) is 69.0 Å². The number of nitrogens with one attached hydrogen (secondary N) is 1. The Kier molecular flexibility index (Phi) is 6.33. The number of benzene rings is 2. The number of rotatable bonds is 7. The Hall–Kier alpha value is -3.58. The second-order valence-electron chi connectivity index (χ2n) is 6.87. The molecule has 0 saturated heterocycles. The molecule has 1 unspecified atom stereocenters. The van der Waals surface area contributed by atoms with Crippen LogP contribution in [0, 0.1) is 0 Å². The highest BCUT2D eigenvalue weighted by Crippen LogP contribution is 2.27. The van der Waals surface area contributed by atoms with E-state index in [1.54, 1.807) is 31.3 Å². The summed E-state index contributed by atoms with van der Waals surface area (Å²) < 4.78 is 7.26. The summed E-state index contributed by atoms with van der Waals surface area (Å²) >= 11 is 1.55. The first-order valence-corrected chi connectivity index (χ1v) is 10.6. The fourth-order valence-electron chi connectivity index (χ4n) is 3.19. The molecular formula is C24H22N4O2S. The molecule has 0 radical (unpaired) electrons. The lowest BCUT2D eigenvalue weighted by atomic mass is 10.0. The summed E-state index contributed by atoms with van der Waals surface area (Å²) in [5.41, 5.74) is 1.47. The van der Waals surface area contributed by atoms with Gasteiger partial charge >= 0.3 is 0 Å². The van der Waals surface area contributed by atoms with Crippen LogP contribution in [0.2, 0.25) is 0 Å². The normalized spacial score (nSPS) is 11.7. The van der Waals surface area contributed by atoms with E-state index >= 15 is 0 Å². The minimum atomic E-state index is -0.412. The van der Waals surface area contributed by atoms with E-state index in [9.17, 15) is 4.79 Å². The van der Waals surface area contributed by atoms with Gasteiger partial charge in [0.05, 0.1) is 7.11 Å². The molecule has 1 amide bonds. The first-order valence-electron chi connectivity index (χ1n) is 9.75. The number of amides is 1. The van der Waals surface area contributed by atoms with Gasteiger partial charge in [-0.15, -0.1) is 0 Å². The highest BCUT2D eigenvalue weighted by Gasteiger charge is 2.22. The summed E-state index contributed by atoms with van der Waals surface area (Å²) in [5.74, 6) is 1.29. The third-order valence-corrected chi connectivity index (χ3v) is 5.75. The number of pyridine rings is 1. The lowest BCUT2D eigenvalue weighted by molar-refractivity contribution is 0.0941. The van der Waals surface area contributed by atoms with E-state index in [4.69, 9.17) is 4.74 Å². The van der Waals surface area contributed by atoms with Crippen LogP contribution in [0.15, 0.2) is 95.2 Å². The molecule has 0 bridgehead atoms. The molecule has 0 spiro atoms. The maximum absolute atomic E-state index is 13.1. The van der Waals surface area contributed by atoms with E-state index in [0.717, 1.165) is 27.1 Å². The molecular weight excluding hydrogens is 408 g/mol. The van der Waals surface area contributed by atoms with Gasteiger partial charge in [0, 0.05) is 36.1 Å². The molecule has 4 aromatic rings. The van der Waals surface area contributed by atoms with E-state index in [1.165, 1.54) is 0 Å². The monoisotopic (exact) mass is 430 g/mol. The molecule has 0 aliphatic carbocycles. The zero-order valence-electron chi connectivity index (χ0n) is 17.2. The van der Waals surface area contributed by atoms with Crippen LogP contribution in [-0.4, -0.2) is 27.6 Å². The summed E-state index contributed by atoms with van der Waals surface area (Å²) in [5, 5.41) is 4.03. The van der Waals surface area contributed by atoms with Crippen molar-refractivity contribution in [2.75, 3.05) is 7.11 Å². The van der Waals surface area contributed by atoms with Crippen molar-refractivity contribution < 1.29 is 9.53 Å². The van der Waals surface area contributed by atoms with Crippen LogP contribution in [0.1, 0.15) is 27.8 Å². The van der Waals surface area contributed by atoms with Crippen molar-refractivity contribution in [3.63, 3.8) is 0 Å². The largest absolute Gasteiger partial charge is 0.497 e. The molecule has 7 heteroatoms. The number of methoxy groups -OCH3 is 1. The number of hydrogen-bond donors (Lipinski definition) is 1. The number of nitrogens with zero attached hydrogens (tertiary/aromatic N) is 3. The maximum Gasteiger partial charge on any atom is 0.252 e. The van der Waals surface area contributed by atoms with Crippen molar-refractivity contribution in [2.45, 2.75) is 16.0 Å². The molecule has 2 aromatic heterocycles. The van der Waals surface area contributed by atoms with Crippen molar-refractivity contribution in [1.29, 1.82) is 0 Å². The van der Waals surface area contributed by atoms with Crippen molar-refractivity contribution in [3.8, 4) is 5.75 Å². The van der Waals surface area contributed by atoms with Gasteiger partial charge in [-0.25, -0.2) is 9.97 Å². The van der Waals surface area contributed by atoms with Crippen molar-refractivity contribution in [2.24, 2.45) is 7.05 Å². The average molecular weight is 431 g/mol. The predicted octanol–water partition coefficient (Wildman–Crippen LogP) is 4.49. The molecule has 31 heavy (non-hydrogen) atoms. The number of aryl methyl sites for hydroxylation is 1. The lowest BCUT2D eigenvalue weighted by Gasteiger charge is -2.20. The van der Waals surface area contributed by atoms with Crippen molar-refractivity contribution in [3.05, 3.63) is 102 Å². The Labute approximate surface area is 185 Å². The lowest BCUT2D eigenvalue weighted by Crippen LogP contribution is -2.31. The van der Waals surface area contributed by atoms with E-state index < -0.39 is 6.04 Å². The van der Waals surface area contributed by atoms with Gasteiger partial charge in [0.1, 0.15) is 22.6 Å². The standard InChI is InChI=1S/C24H22N4O2S/c1-28-15-14-26-23(28)22(18-6-5-7-19(16-18)30-2)27-24(29)17-9-11-20(12-10-17)31-21-8-3-4-13-25-21/h3-16,22H,1-2H3,(H,27,29). The molecule has 2 heterocycles. The fourth-order valence-corrected chi connectivity index (χ4v) is 3.96. The van der Waals surface area contributed by atoms with Gasteiger partial charge in [-0.1, -0.05) is 30.0 Å². The molecule has 4 rings (SSSR count). The summed E-state index contributed by atoms with van der Waals surface area (Å²) in [6.45, 7) is 0. The second kappa shape index (κ2) is 9.49. The zero-order valence-corrected chi connectivity index (χ0v) is 18.0. The summed E-state index contributed by atoms with van der Waals surface area (Å²) in [7, 11) is 3.53. The van der Waals surface area contributed by atoms with Crippen LogP contribution >= 0.6 is 11.8 Å². The Morgan fingerprint density at radius 3 is 2.55 bits per heavy atom. The quantitative estimate of drug-likeness (QED) is 0.468. The first kappa shape index (κ1) is 20.7. The minimum Gasteiger partial charge on any atom is -0.497 e. The fraction of sp³-hybridized carbons (Fsp3) is 0.125. The number of aromatic nitrogens is 3. The minimum absolute atomic E-state index is 0.176. The summed E-state index contributed by atoms with van der Waals surface area (Å²) in [6, 6.07) is 20.5. The van der Waals surface area contributed by atoms with Crippen molar-refractivity contribution in [1.82, 2.24) is 19.9 Å². The Bertz CT molecular complexity index is 1160. The summed E-state index contributed by atoms with van der Waals surface area (Å²) in [6.07, 6.45) is 5.34. The number of carbonyl (C=O) groups is 1. The van der Waals surface area contributed by atoms with Crippen LogP contribution in [0.5, 0.6) is 5.75 Å². The van der Waals surface area contributed by atoms with E-state index in [2.05, 4.69) is 15.3 Å². The number of carbonyl (C=O) groups excluding carboxylic acids is 1. The van der Waals surface area contributed by atoms with Gasteiger partial charge in [0.2, 0.25) is 0 Å². The maximum atomic E-state index is 13.1. The average Bonchev–Trinajstić information content (AvgIpc) is 3.24. The smallest absolute Gasteiger partial charge is 0.252 e. The van der Waals surface area contributed by atoms with Crippen LogP contribution in [0.4, 0.5) is 0 Å². The number of ether oxygens (including phenoxy) is 1. The van der Waals surface area contributed by atoms with E-state index in [1.807, 2.05) is 84.5 Å². The molecule has 1 N–H and O–H groups in total. The number of imidazole rings is 1. The van der Waals surface area contributed by atoms with Crippen molar-refractivity contribution >= 4 is 17.7 Å². The molecule has 0 saturated carbocycles. The predicted molar refractivity (Wildman–Crippen MR) is 120 cm³/mol. The van der Waals surface area contributed by atoms with Crippen LogP contribution < -0.4 is 10.1 Å². The molecule has 0 aliphatic heterocycles.